The second-order valence-electron chi connectivity index (χ2n) is 4.09. The third-order valence-electron chi connectivity index (χ3n) is 2.18. The Morgan fingerprint density at radius 3 is 2.76 bits per heavy atom. The second kappa shape index (κ2) is 7.25. The molecular weight excluding hydrogens is 221 g/mol. The molecule has 0 saturated heterocycles. The minimum Gasteiger partial charge on any atom is -0.491 e. The zero-order chi connectivity index (χ0) is 12.7. The number of benzene rings is 1. The maximum Gasteiger partial charge on any atom is 0.124 e. The summed E-state index contributed by atoms with van der Waals surface area (Å²) in [5.74, 6) is 0.482. The number of ether oxygens (including phenoxy) is 2. The molecule has 0 aliphatic carbocycles. The Kier molecular flexibility index (Phi) is 5.94. The molecule has 0 amide bonds. The monoisotopic (exact) mass is 241 g/mol. The second-order valence-corrected chi connectivity index (χ2v) is 4.09. The van der Waals surface area contributed by atoms with Gasteiger partial charge in [0.1, 0.15) is 11.6 Å². The van der Waals surface area contributed by atoms with Crippen LogP contribution in [0.5, 0.6) is 5.75 Å². The molecule has 0 unspecified atom stereocenters. The molecule has 0 aliphatic rings. The largest absolute Gasteiger partial charge is 0.491 e. The van der Waals surface area contributed by atoms with Crippen LogP contribution in [0, 0.1) is 5.82 Å². The molecule has 0 saturated carbocycles. The van der Waals surface area contributed by atoms with Crippen LogP contribution in [-0.2, 0) is 11.3 Å². The van der Waals surface area contributed by atoms with Crippen molar-refractivity contribution in [3.05, 3.63) is 29.6 Å². The van der Waals surface area contributed by atoms with E-state index in [2.05, 4.69) is 5.32 Å². The van der Waals surface area contributed by atoms with Gasteiger partial charge >= 0.3 is 0 Å². The van der Waals surface area contributed by atoms with E-state index >= 15 is 0 Å². The fraction of sp³-hybridized carbons (Fsp3) is 0.538. The van der Waals surface area contributed by atoms with Crippen LogP contribution in [0.2, 0.25) is 0 Å². The summed E-state index contributed by atoms with van der Waals surface area (Å²) >= 11 is 0. The fourth-order valence-corrected chi connectivity index (χ4v) is 1.45. The number of hydrogen-bond acceptors (Lipinski definition) is 3. The van der Waals surface area contributed by atoms with Crippen LogP contribution in [0.1, 0.15) is 19.4 Å². The molecule has 0 aliphatic heterocycles. The van der Waals surface area contributed by atoms with E-state index in [0.29, 0.717) is 13.2 Å². The highest BCUT2D eigenvalue weighted by molar-refractivity contribution is 5.34. The SMILES string of the molecule is COCCNCc1cc(F)ccc1OC(C)C. The minimum atomic E-state index is -0.246. The molecule has 0 radical (unpaired) electrons. The number of methoxy groups -OCH3 is 1. The van der Waals surface area contributed by atoms with E-state index in [4.69, 9.17) is 9.47 Å². The summed E-state index contributed by atoms with van der Waals surface area (Å²) in [6.45, 7) is 5.84. The molecule has 0 bridgehead atoms. The first-order valence-electron chi connectivity index (χ1n) is 5.78. The van der Waals surface area contributed by atoms with Crippen LogP contribution in [0.3, 0.4) is 0 Å². The van der Waals surface area contributed by atoms with E-state index in [0.717, 1.165) is 17.9 Å². The van der Waals surface area contributed by atoms with Gasteiger partial charge in [0.2, 0.25) is 0 Å². The van der Waals surface area contributed by atoms with Gasteiger partial charge in [-0.1, -0.05) is 0 Å². The third-order valence-corrected chi connectivity index (χ3v) is 2.18. The van der Waals surface area contributed by atoms with Gasteiger partial charge in [0, 0.05) is 25.8 Å². The molecule has 0 fully saturated rings. The van der Waals surface area contributed by atoms with Crippen molar-refractivity contribution in [3.8, 4) is 5.75 Å². The molecule has 96 valence electrons. The molecule has 0 aromatic heterocycles. The topological polar surface area (TPSA) is 30.5 Å². The lowest BCUT2D eigenvalue weighted by Crippen LogP contribution is -2.19. The Hall–Kier alpha value is -1.13. The summed E-state index contributed by atoms with van der Waals surface area (Å²) in [5, 5.41) is 3.17. The highest BCUT2D eigenvalue weighted by Crippen LogP contribution is 2.20. The third kappa shape index (κ3) is 5.15. The number of nitrogens with one attached hydrogen (secondary N) is 1. The van der Waals surface area contributed by atoms with Gasteiger partial charge in [0.15, 0.2) is 0 Å². The number of rotatable bonds is 7. The van der Waals surface area contributed by atoms with Crippen molar-refractivity contribution >= 4 is 0 Å². The maximum atomic E-state index is 13.2. The predicted octanol–water partition coefficient (Wildman–Crippen LogP) is 2.35. The summed E-state index contributed by atoms with van der Waals surface area (Å²) in [5.41, 5.74) is 0.829. The average Bonchev–Trinajstić information content (AvgIpc) is 2.27. The Bertz CT molecular complexity index is 342. The van der Waals surface area contributed by atoms with Gasteiger partial charge in [-0.05, 0) is 32.0 Å². The van der Waals surface area contributed by atoms with E-state index in [1.807, 2.05) is 13.8 Å². The molecule has 17 heavy (non-hydrogen) atoms. The van der Waals surface area contributed by atoms with Gasteiger partial charge in [-0.3, -0.25) is 0 Å². The van der Waals surface area contributed by atoms with Gasteiger partial charge < -0.3 is 14.8 Å². The van der Waals surface area contributed by atoms with Crippen molar-refractivity contribution < 1.29 is 13.9 Å². The molecule has 0 spiro atoms. The molecule has 0 heterocycles. The van der Waals surface area contributed by atoms with Gasteiger partial charge in [0.25, 0.3) is 0 Å². The zero-order valence-corrected chi connectivity index (χ0v) is 10.6. The van der Waals surface area contributed by atoms with Crippen molar-refractivity contribution in [1.29, 1.82) is 0 Å². The maximum absolute atomic E-state index is 13.2. The summed E-state index contributed by atoms with van der Waals surface area (Å²) in [4.78, 5) is 0. The molecule has 4 heteroatoms. The predicted molar refractivity (Wildman–Crippen MR) is 65.7 cm³/mol. The normalized spacial score (nSPS) is 10.9. The van der Waals surface area contributed by atoms with Crippen molar-refractivity contribution in [3.63, 3.8) is 0 Å². The smallest absolute Gasteiger partial charge is 0.124 e. The van der Waals surface area contributed by atoms with Crippen LogP contribution in [0.15, 0.2) is 18.2 Å². The van der Waals surface area contributed by atoms with E-state index < -0.39 is 0 Å². The summed E-state index contributed by atoms with van der Waals surface area (Å²) in [6, 6.07) is 4.58. The van der Waals surface area contributed by atoms with Crippen LogP contribution in [-0.4, -0.2) is 26.4 Å². The van der Waals surface area contributed by atoms with Crippen molar-refractivity contribution in [2.24, 2.45) is 0 Å². The fourth-order valence-electron chi connectivity index (χ4n) is 1.45. The van der Waals surface area contributed by atoms with Crippen LogP contribution >= 0.6 is 0 Å². The first-order chi connectivity index (χ1) is 8.13. The first-order valence-corrected chi connectivity index (χ1v) is 5.78. The lowest BCUT2D eigenvalue weighted by Gasteiger charge is -2.14. The highest BCUT2D eigenvalue weighted by Gasteiger charge is 2.06. The Balaban J connectivity index is 2.63. The van der Waals surface area contributed by atoms with E-state index in [-0.39, 0.29) is 11.9 Å². The van der Waals surface area contributed by atoms with E-state index in [9.17, 15) is 4.39 Å². The van der Waals surface area contributed by atoms with Crippen LogP contribution < -0.4 is 10.1 Å². The molecule has 3 nitrogen and oxygen atoms in total. The Morgan fingerprint density at radius 2 is 2.12 bits per heavy atom. The van der Waals surface area contributed by atoms with Gasteiger partial charge in [0.05, 0.1) is 12.7 Å². The number of halogens is 1. The van der Waals surface area contributed by atoms with E-state index in [1.165, 1.54) is 12.1 Å². The lowest BCUT2D eigenvalue weighted by atomic mass is 10.2. The molecule has 1 rings (SSSR count). The summed E-state index contributed by atoms with van der Waals surface area (Å²) < 4.78 is 23.7. The van der Waals surface area contributed by atoms with Crippen molar-refractivity contribution in [2.45, 2.75) is 26.5 Å². The van der Waals surface area contributed by atoms with E-state index in [1.54, 1.807) is 13.2 Å². The van der Waals surface area contributed by atoms with Gasteiger partial charge in [-0.25, -0.2) is 4.39 Å². The van der Waals surface area contributed by atoms with Crippen LogP contribution in [0.25, 0.3) is 0 Å². The molecular formula is C13H20FNO2. The van der Waals surface area contributed by atoms with Crippen molar-refractivity contribution in [2.75, 3.05) is 20.3 Å². The minimum absolute atomic E-state index is 0.0817. The quantitative estimate of drug-likeness (QED) is 0.743. The Morgan fingerprint density at radius 1 is 1.35 bits per heavy atom. The molecule has 1 aromatic rings. The van der Waals surface area contributed by atoms with Crippen molar-refractivity contribution in [1.82, 2.24) is 5.32 Å². The highest BCUT2D eigenvalue weighted by atomic mass is 19.1. The standard InChI is InChI=1S/C13H20FNO2/c1-10(2)17-13-5-4-12(14)8-11(13)9-15-6-7-16-3/h4-5,8,10,15H,6-7,9H2,1-3H3. The average molecular weight is 241 g/mol. The molecule has 1 aromatic carbocycles. The molecule has 0 atom stereocenters. The van der Waals surface area contributed by atoms with Crippen LogP contribution in [0.4, 0.5) is 4.39 Å². The van der Waals surface area contributed by atoms with Gasteiger partial charge in [-0.2, -0.15) is 0 Å². The number of hydrogen-bond donors (Lipinski definition) is 1. The van der Waals surface area contributed by atoms with Gasteiger partial charge in [-0.15, -0.1) is 0 Å². The Labute approximate surface area is 102 Å². The molecule has 1 N–H and O–H groups in total. The summed E-state index contributed by atoms with van der Waals surface area (Å²) in [7, 11) is 1.65. The first kappa shape index (κ1) is 13.9. The zero-order valence-electron chi connectivity index (χ0n) is 10.6. The lowest BCUT2D eigenvalue weighted by molar-refractivity contribution is 0.198. The summed E-state index contributed by atoms with van der Waals surface area (Å²) in [6.07, 6.45) is 0.0817.